The second kappa shape index (κ2) is 8.68. The van der Waals surface area contributed by atoms with Crippen molar-refractivity contribution in [2.45, 2.75) is 24.8 Å². The van der Waals surface area contributed by atoms with Crippen LogP contribution in [0.15, 0.2) is 52.3 Å². The first-order valence-electron chi connectivity index (χ1n) is 9.07. The van der Waals surface area contributed by atoms with Crippen molar-refractivity contribution in [3.63, 3.8) is 0 Å². The number of morpholine rings is 1. The number of aryl methyl sites for hydroxylation is 1. The summed E-state index contributed by atoms with van der Waals surface area (Å²) in [4.78, 5) is 24.4. The zero-order valence-electron chi connectivity index (χ0n) is 15.6. The van der Waals surface area contributed by atoms with Crippen LogP contribution in [0, 0.1) is 0 Å². The number of ether oxygens (including phenoxy) is 1. The SMILES string of the molecule is CCc1cccc(NC(=O)Cn2cc(S(=O)(=O)N3CCOCC3)ccc2=O)c1. The number of hydrogen-bond donors (Lipinski definition) is 1. The number of benzene rings is 1. The lowest BCUT2D eigenvalue weighted by Crippen LogP contribution is -2.41. The summed E-state index contributed by atoms with van der Waals surface area (Å²) in [6.07, 6.45) is 2.06. The minimum Gasteiger partial charge on any atom is -0.379 e. The molecule has 1 aromatic carbocycles. The lowest BCUT2D eigenvalue weighted by molar-refractivity contribution is -0.116. The first kappa shape index (κ1) is 20.2. The maximum Gasteiger partial charge on any atom is 0.251 e. The standard InChI is InChI=1S/C19H23N3O5S/c1-2-15-4-3-5-16(12-15)20-18(23)14-21-13-17(6-7-19(21)24)28(25,26)22-8-10-27-11-9-22/h3-7,12-13H,2,8-11,14H2,1H3,(H,20,23). The van der Waals surface area contributed by atoms with Gasteiger partial charge in [-0.15, -0.1) is 0 Å². The molecule has 1 amide bonds. The summed E-state index contributed by atoms with van der Waals surface area (Å²) in [5.74, 6) is -0.406. The van der Waals surface area contributed by atoms with E-state index in [1.54, 1.807) is 6.07 Å². The van der Waals surface area contributed by atoms with Gasteiger partial charge in [-0.25, -0.2) is 8.42 Å². The number of nitrogens with one attached hydrogen (secondary N) is 1. The van der Waals surface area contributed by atoms with Crippen LogP contribution in [0.3, 0.4) is 0 Å². The van der Waals surface area contributed by atoms with Crippen LogP contribution in [0.25, 0.3) is 0 Å². The van der Waals surface area contributed by atoms with Gasteiger partial charge in [0.15, 0.2) is 0 Å². The molecule has 1 aromatic heterocycles. The van der Waals surface area contributed by atoms with E-state index in [4.69, 9.17) is 4.74 Å². The number of nitrogens with zero attached hydrogens (tertiary/aromatic N) is 2. The van der Waals surface area contributed by atoms with E-state index in [0.717, 1.165) is 22.6 Å². The number of carbonyl (C=O) groups excluding carboxylic acids is 1. The van der Waals surface area contributed by atoms with Crippen LogP contribution in [0.5, 0.6) is 0 Å². The highest BCUT2D eigenvalue weighted by Crippen LogP contribution is 2.16. The molecule has 1 saturated heterocycles. The molecule has 28 heavy (non-hydrogen) atoms. The minimum atomic E-state index is -3.74. The van der Waals surface area contributed by atoms with E-state index in [0.29, 0.717) is 18.9 Å². The van der Waals surface area contributed by atoms with Crippen LogP contribution in [-0.4, -0.2) is 49.5 Å². The van der Waals surface area contributed by atoms with Crippen molar-refractivity contribution in [3.05, 3.63) is 58.5 Å². The average Bonchev–Trinajstić information content (AvgIpc) is 2.70. The molecule has 150 valence electrons. The lowest BCUT2D eigenvalue weighted by atomic mass is 10.1. The van der Waals surface area contributed by atoms with E-state index in [1.807, 2.05) is 25.1 Å². The van der Waals surface area contributed by atoms with Crippen LogP contribution in [0.2, 0.25) is 0 Å². The molecule has 0 aliphatic carbocycles. The minimum absolute atomic E-state index is 0.0187. The molecule has 8 nitrogen and oxygen atoms in total. The molecule has 2 heterocycles. The maximum absolute atomic E-state index is 12.8. The third kappa shape index (κ3) is 4.67. The van der Waals surface area contributed by atoms with Crippen molar-refractivity contribution in [1.82, 2.24) is 8.87 Å². The number of amides is 1. The van der Waals surface area contributed by atoms with E-state index in [-0.39, 0.29) is 24.5 Å². The van der Waals surface area contributed by atoms with Crippen molar-refractivity contribution in [1.29, 1.82) is 0 Å². The summed E-state index contributed by atoms with van der Waals surface area (Å²) in [5.41, 5.74) is 1.27. The Kier molecular flexibility index (Phi) is 6.28. The van der Waals surface area contributed by atoms with E-state index in [9.17, 15) is 18.0 Å². The lowest BCUT2D eigenvalue weighted by Gasteiger charge is -2.26. The second-order valence-corrected chi connectivity index (χ2v) is 8.39. The summed E-state index contributed by atoms with van der Waals surface area (Å²) < 4.78 is 33.1. The molecule has 0 atom stereocenters. The Balaban J connectivity index is 1.77. The van der Waals surface area contributed by atoms with Gasteiger partial charge in [0.05, 0.1) is 18.1 Å². The van der Waals surface area contributed by atoms with Gasteiger partial charge in [0.2, 0.25) is 15.9 Å². The normalized spacial score (nSPS) is 15.3. The predicted molar refractivity (Wildman–Crippen MR) is 105 cm³/mol. The quantitative estimate of drug-likeness (QED) is 0.775. The fraction of sp³-hybridized carbons (Fsp3) is 0.368. The van der Waals surface area contributed by atoms with Gasteiger partial charge in [0.25, 0.3) is 5.56 Å². The van der Waals surface area contributed by atoms with Crippen LogP contribution in [0.4, 0.5) is 5.69 Å². The average molecular weight is 405 g/mol. The van der Waals surface area contributed by atoms with Crippen molar-refractivity contribution < 1.29 is 17.9 Å². The molecular weight excluding hydrogens is 382 g/mol. The van der Waals surface area contributed by atoms with Gasteiger partial charge < -0.3 is 14.6 Å². The van der Waals surface area contributed by atoms with Crippen molar-refractivity contribution in [3.8, 4) is 0 Å². The molecule has 1 fully saturated rings. The molecule has 1 aliphatic rings. The molecule has 0 saturated carbocycles. The first-order valence-corrected chi connectivity index (χ1v) is 10.5. The number of anilines is 1. The summed E-state index contributed by atoms with van der Waals surface area (Å²) in [6.45, 7) is 2.92. The van der Waals surface area contributed by atoms with Gasteiger partial charge in [-0.2, -0.15) is 4.31 Å². The van der Waals surface area contributed by atoms with Crippen molar-refractivity contribution >= 4 is 21.6 Å². The Hall–Kier alpha value is -2.49. The van der Waals surface area contributed by atoms with E-state index in [1.165, 1.54) is 16.6 Å². The Morgan fingerprint density at radius 2 is 1.93 bits per heavy atom. The Morgan fingerprint density at radius 1 is 1.18 bits per heavy atom. The number of carbonyl (C=O) groups is 1. The maximum atomic E-state index is 12.8. The molecule has 9 heteroatoms. The van der Waals surface area contributed by atoms with Crippen LogP contribution < -0.4 is 10.9 Å². The second-order valence-electron chi connectivity index (χ2n) is 6.45. The Bertz CT molecular complexity index is 1010. The number of hydrogen-bond acceptors (Lipinski definition) is 5. The van der Waals surface area contributed by atoms with Crippen molar-refractivity contribution in [2.75, 3.05) is 31.6 Å². The summed E-state index contributed by atoms with van der Waals surface area (Å²) in [7, 11) is -3.74. The molecular formula is C19H23N3O5S. The summed E-state index contributed by atoms with van der Waals surface area (Å²) >= 11 is 0. The fourth-order valence-electron chi connectivity index (χ4n) is 2.95. The zero-order valence-corrected chi connectivity index (χ0v) is 16.4. The Labute approximate surface area is 163 Å². The fourth-order valence-corrected chi connectivity index (χ4v) is 4.37. The number of pyridine rings is 1. The molecule has 0 bridgehead atoms. The highest BCUT2D eigenvalue weighted by molar-refractivity contribution is 7.89. The molecule has 0 unspecified atom stereocenters. The van der Waals surface area contributed by atoms with Crippen LogP contribution in [-0.2, 0) is 32.5 Å². The number of aromatic nitrogens is 1. The van der Waals surface area contributed by atoms with E-state index < -0.39 is 21.5 Å². The van der Waals surface area contributed by atoms with Gasteiger partial charge in [0, 0.05) is 31.0 Å². The van der Waals surface area contributed by atoms with Gasteiger partial charge >= 0.3 is 0 Å². The molecule has 0 radical (unpaired) electrons. The van der Waals surface area contributed by atoms with Gasteiger partial charge in [-0.3, -0.25) is 9.59 Å². The highest BCUT2D eigenvalue weighted by atomic mass is 32.2. The molecule has 1 N–H and O–H groups in total. The first-order chi connectivity index (χ1) is 13.4. The Morgan fingerprint density at radius 3 is 2.64 bits per heavy atom. The molecule has 1 aliphatic heterocycles. The topological polar surface area (TPSA) is 97.7 Å². The number of rotatable bonds is 6. The monoisotopic (exact) mass is 405 g/mol. The third-order valence-corrected chi connectivity index (χ3v) is 6.38. The predicted octanol–water partition coefficient (Wildman–Crippen LogP) is 1.07. The summed E-state index contributed by atoms with van der Waals surface area (Å²) in [6, 6.07) is 9.86. The van der Waals surface area contributed by atoms with Gasteiger partial charge in [-0.1, -0.05) is 19.1 Å². The molecule has 3 rings (SSSR count). The zero-order chi connectivity index (χ0) is 20.1. The van der Waals surface area contributed by atoms with E-state index in [2.05, 4.69) is 5.32 Å². The smallest absolute Gasteiger partial charge is 0.251 e. The van der Waals surface area contributed by atoms with Crippen LogP contribution >= 0.6 is 0 Å². The molecule has 2 aromatic rings. The third-order valence-electron chi connectivity index (χ3n) is 4.50. The van der Waals surface area contributed by atoms with Crippen LogP contribution in [0.1, 0.15) is 12.5 Å². The highest BCUT2D eigenvalue weighted by Gasteiger charge is 2.27. The van der Waals surface area contributed by atoms with Crippen molar-refractivity contribution in [2.24, 2.45) is 0 Å². The number of sulfonamides is 1. The molecule has 0 spiro atoms. The largest absolute Gasteiger partial charge is 0.379 e. The van der Waals surface area contributed by atoms with Gasteiger partial charge in [0.1, 0.15) is 6.54 Å². The summed E-state index contributed by atoms with van der Waals surface area (Å²) in [5, 5.41) is 2.74. The van der Waals surface area contributed by atoms with E-state index >= 15 is 0 Å². The van der Waals surface area contributed by atoms with Gasteiger partial charge in [-0.05, 0) is 30.2 Å².